The van der Waals surface area contributed by atoms with Crippen molar-refractivity contribution < 1.29 is 9.84 Å². The maximum Gasteiger partial charge on any atom is 0.123 e. The fourth-order valence-corrected chi connectivity index (χ4v) is 4.41. The third-order valence-corrected chi connectivity index (χ3v) is 5.85. The second kappa shape index (κ2) is 9.13. The van der Waals surface area contributed by atoms with Crippen molar-refractivity contribution >= 4 is 10.9 Å². The van der Waals surface area contributed by atoms with Crippen molar-refractivity contribution in [3.8, 4) is 5.75 Å². The van der Waals surface area contributed by atoms with Crippen molar-refractivity contribution in [1.82, 2.24) is 14.8 Å². The van der Waals surface area contributed by atoms with Gasteiger partial charge in [0.25, 0.3) is 0 Å². The molecule has 30 heavy (non-hydrogen) atoms. The molecule has 5 heteroatoms. The number of nitrogens with zero attached hydrogens (tertiary/aromatic N) is 3. The topological polar surface area (TPSA) is 48.8 Å². The predicted octanol–water partition coefficient (Wildman–Crippen LogP) is 3.34. The summed E-state index contributed by atoms with van der Waals surface area (Å²) in [6.07, 6.45) is 0.481. The van der Waals surface area contributed by atoms with Gasteiger partial charge in [0, 0.05) is 48.7 Å². The number of pyridine rings is 1. The summed E-state index contributed by atoms with van der Waals surface area (Å²) in [5.74, 6) is 1.13. The molecule has 0 spiro atoms. The summed E-state index contributed by atoms with van der Waals surface area (Å²) in [6.45, 7) is 3.26. The number of para-hydroxylation sites is 1. The number of rotatable bonds is 7. The van der Waals surface area contributed by atoms with Crippen molar-refractivity contribution in [2.75, 3.05) is 34.3 Å². The largest absolute Gasteiger partial charge is 0.496 e. The molecule has 0 bridgehead atoms. The Morgan fingerprint density at radius 1 is 1.10 bits per heavy atom. The molecule has 3 aromatic rings. The predicted molar refractivity (Wildman–Crippen MR) is 121 cm³/mol. The summed E-state index contributed by atoms with van der Waals surface area (Å²) < 4.78 is 5.51. The summed E-state index contributed by atoms with van der Waals surface area (Å²) in [5.41, 5.74) is 4.52. The number of hydrogen-bond acceptors (Lipinski definition) is 5. The van der Waals surface area contributed by atoms with Crippen LogP contribution < -0.4 is 4.74 Å². The van der Waals surface area contributed by atoms with Crippen molar-refractivity contribution in [3.05, 3.63) is 71.4 Å². The third-order valence-electron chi connectivity index (χ3n) is 5.85. The highest BCUT2D eigenvalue weighted by Gasteiger charge is 2.31. The molecule has 4 rings (SSSR count). The monoisotopic (exact) mass is 405 g/mol. The first-order valence-corrected chi connectivity index (χ1v) is 10.6. The van der Waals surface area contributed by atoms with Gasteiger partial charge in [0.2, 0.25) is 0 Å². The molecule has 0 radical (unpaired) electrons. The van der Waals surface area contributed by atoms with Crippen LogP contribution in [0.3, 0.4) is 0 Å². The molecule has 1 fully saturated rings. The molecule has 0 amide bonds. The molecular formula is C25H31N3O2. The van der Waals surface area contributed by atoms with Crippen LogP contribution in [0.15, 0.2) is 54.6 Å². The van der Waals surface area contributed by atoms with Gasteiger partial charge in [-0.05, 0) is 50.3 Å². The van der Waals surface area contributed by atoms with E-state index in [1.807, 2.05) is 18.2 Å². The van der Waals surface area contributed by atoms with Crippen molar-refractivity contribution in [1.29, 1.82) is 0 Å². The average molecular weight is 406 g/mol. The number of ether oxygens (including phenoxy) is 1. The van der Waals surface area contributed by atoms with Crippen LogP contribution in [0.5, 0.6) is 5.75 Å². The van der Waals surface area contributed by atoms with Gasteiger partial charge in [-0.2, -0.15) is 0 Å². The molecule has 1 aromatic heterocycles. The van der Waals surface area contributed by atoms with Crippen LogP contribution in [-0.4, -0.2) is 60.3 Å². The molecule has 1 aliphatic rings. The van der Waals surface area contributed by atoms with Gasteiger partial charge in [-0.1, -0.05) is 30.3 Å². The molecule has 2 heterocycles. The Kier molecular flexibility index (Phi) is 6.32. The van der Waals surface area contributed by atoms with Crippen molar-refractivity contribution in [2.45, 2.75) is 25.6 Å². The maximum atomic E-state index is 10.7. The smallest absolute Gasteiger partial charge is 0.123 e. The minimum atomic E-state index is -0.322. The number of β-amino-alcohol motifs (C(OH)–C–C–N with tert-alkyl or cyclic N) is 1. The third kappa shape index (κ3) is 4.81. The molecule has 1 saturated heterocycles. The molecule has 0 aliphatic carbocycles. The first-order valence-electron chi connectivity index (χ1n) is 10.6. The van der Waals surface area contributed by atoms with Crippen LogP contribution in [0.2, 0.25) is 0 Å². The molecular weight excluding hydrogens is 374 g/mol. The van der Waals surface area contributed by atoms with Crippen LogP contribution in [0.1, 0.15) is 16.8 Å². The SMILES string of the molecule is COc1ccc(CN2C[C@@H](Cc3ccc4ccccc4n3)[C@H](O)C2)cc1CN(C)C. The van der Waals surface area contributed by atoms with E-state index in [1.54, 1.807) is 7.11 Å². The number of aliphatic hydroxyl groups excluding tert-OH is 1. The van der Waals surface area contributed by atoms with Gasteiger partial charge in [0.15, 0.2) is 0 Å². The van der Waals surface area contributed by atoms with E-state index in [0.717, 1.165) is 48.4 Å². The highest BCUT2D eigenvalue weighted by molar-refractivity contribution is 5.78. The maximum absolute atomic E-state index is 10.7. The van der Waals surface area contributed by atoms with Crippen molar-refractivity contribution in [2.24, 2.45) is 5.92 Å². The first-order chi connectivity index (χ1) is 14.5. The second-order valence-electron chi connectivity index (χ2n) is 8.60. The van der Waals surface area contributed by atoms with Crippen LogP contribution >= 0.6 is 0 Å². The Labute approximate surface area is 178 Å². The van der Waals surface area contributed by atoms with E-state index in [-0.39, 0.29) is 12.0 Å². The van der Waals surface area contributed by atoms with Crippen LogP contribution in [0.4, 0.5) is 0 Å². The van der Waals surface area contributed by atoms with E-state index >= 15 is 0 Å². The summed E-state index contributed by atoms with van der Waals surface area (Å²) in [5, 5.41) is 11.8. The molecule has 2 aromatic carbocycles. The first kappa shape index (κ1) is 20.8. The number of benzene rings is 2. The Morgan fingerprint density at radius 3 is 2.73 bits per heavy atom. The fourth-order valence-electron chi connectivity index (χ4n) is 4.41. The van der Waals surface area contributed by atoms with E-state index in [9.17, 15) is 5.11 Å². The van der Waals surface area contributed by atoms with Crippen LogP contribution in [0, 0.1) is 5.92 Å². The second-order valence-corrected chi connectivity index (χ2v) is 8.60. The zero-order valence-corrected chi connectivity index (χ0v) is 18.1. The highest BCUT2D eigenvalue weighted by atomic mass is 16.5. The molecule has 1 N–H and O–H groups in total. The molecule has 2 atom stereocenters. The van der Waals surface area contributed by atoms with Crippen LogP contribution in [-0.2, 0) is 19.5 Å². The summed E-state index contributed by atoms with van der Waals surface area (Å²) in [6, 6.07) is 18.8. The van der Waals surface area contributed by atoms with E-state index in [4.69, 9.17) is 9.72 Å². The van der Waals surface area contributed by atoms with E-state index in [2.05, 4.69) is 60.3 Å². The lowest BCUT2D eigenvalue weighted by Gasteiger charge is -2.18. The number of fused-ring (bicyclic) bond motifs is 1. The highest BCUT2D eigenvalue weighted by Crippen LogP contribution is 2.26. The zero-order chi connectivity index (χ0) is 21.1. The van der Waals surface area contributed by atoms with Gasteiger partial charge >= 0.3 is 0 Å². The number of methoxy groups -OCH3 is 1. The number of likely N-dealkylation sites (tertiary alicyclic amines) is 1. The molecule has 158 valence electrons. The number of hydrogen-bond donors (Lipinski definition) is 1. The van der Waals surface area contributed by atoms with E-state index in [0.29, 0.717) is 6.54 Å². The summed E-state index contributed by atoms with van der Waals surface area (Å²) in [4.78, 5) is 9.28. The molecule has 0 saturated carbocycles. The Balaban J connectivity index is 1.42. The molecule has 5 nitrogen and oxygen atoms in total. The van der Waals surface area contributed by atoms with E-state index in [1.165, 1.54) is 11.1 Å². The van der Waals surface area contributed by atoms with Gasteiger partial charge in [-0.3, -0.25) is 9.88 Å². The lowest BCUT2D eigenvalue weighted by atomic mass is 9.99. The minimum absolute atomic E-state index is 0.207. The van der Waals surface area contributed by atoms with Gasteiger partial charge in [0.05, 0.1) is 18.7 Å². The Hall–Kier alpha value is -2.47. The lowest BCUT2D eigenvalue weighted by Crippen LogP contribution is -2.21. The average Bonchev–Trinajstić information content (AvgIpc) is 3.06. The summed E-state index contributed by atoms with van der Waals surface area (Å²) in [7, 11) is 5.85. The Bertz CT molecular complexity index is 1000. The fraction of sp³-hybridized carbons (Fsp3) is 0.400. The van der Waals surface area contributed by atoms with Crippen molar-refractivity contribution in [3.63, 3.8) is 0 Å². The van der Waals surface area contributed by atoms with E-state index < -0.39 is 0 Å². The molecule has 1 aliphatic heterocycles. The number of aromatic nitrogens is 1. The minimum Gasteiger partial charge on any atom is -0.496 e. The van der Waals surface area contributed by atoms with Gasteiger partial charge in [0.1, 0.15) is 5.75 Å². The van der Waals surface area contributed by atoms with Crippen LogP contribution in [0.25, 0.3) is 10.9 Å². The van der Waals surface area contributed by atoms with Gasteiger partial charge < -0.3 is 14.7 Å². The zero-order valence-electron chi connectivity index (χ0n) is 18.1. The Morgan fingerprint density at radius 2 is 1.93 bits per heavy atom. The number of aliphatic hydroxyl groups is 1. The lowest BCUT2D eigenvalue weighted by molar-refractivity contribution is 0.140. The molecule has 0 unspecified atom stereocenters. The van der Waals surface area contributed by atoms with Gasteiger partial charge in [-0.25, -0.2) is 0 Å². The quantitative estimate of drug-likeness (QED) is 0.653. The summed E-state index contributed by atoms with van der Waals surface area (Å²) >= 11 is 0. The normalized spacial score (nSPS) is 19.6. The van der Waals surface area contributed by atoms with Gasteiger partial charge in [-0.15, -0.1) is 0 Å². The standard InChI is InChI=1S/C25H31N3O2/c1-27(2)15-21-12-18(8-11-25(21)30-3)14-28-16-20(24(29)17-28)13-22-10-9-19-6-4-5-7-23(19)26-22/h4-12,20,24,29H,13-17H2,1-3H3/t20-,24-/m1/s1.